The number of nitrogens with two attached hydrogens (primary N) is 1. The number of fused-ring (bicyclic) bond motifs is 1. The maximum Gasteiger partial charge on any atom is 0.280 e. The number of hydrogen-bond acceptors (Lipinski definition) is 8. The topological polar surface area (TPSA) is 132 Å². The lowest BCUT2D eigenvalue weighted by Crippen LogP contribution is -2.45. The van der Waals surface area contributed by atoms with Crippen molar-refractivity contribution in [3.63, 3.8) is 0 Å². The Balaban J connectivity index is 1.80. The second-order valence-corrected chi connectivity index (χ2v) is 10.7. The molecule has 11 nitrogen and oxygen atoms in total. The summed E-state index contributed by atoms with van der Waals surface area (Å²) in [5.74, 6) is 0.0205. The Labute approximate surface area is 163 Å². The molecule has 1 saturated heterocycles. The molecule has 1 unspecified atom stereocenters. The van der Waals surface area contributed by atoms with Gasteiger partial charge in [-0.3, -0.25) is 23.8 Å². The highest BCUT2D eigenvalue weighted by molar-refractivity contribution is 7.57. The van der Waals surface area contributed by atoms with Gasteiger partial charge in [-0.15, -0.1) is 0 Å². The van der Waals surface area contributed by atoms with Crippen LogP contribution < -0.4 is 11.3 Å². The molecule has 0 amide bonds. The van der Waals surface area contributed by atoms with Gasteiger partial charge in [0.25, 0.3) is 13.1 Å². The van der Waals surface area contributed by atoms with Gasteiger partial charge in [-0.1, -0.05) is 13.8 Å². The van der Waals surface area contributed by atoms with Crippen LogP contribution in [0.2, 0.25) is 0 Å². The van der Waals surface area contributed by atoms with Gasteiger partial charge in [0.1, 0.15) is 6.23 Å². The molecular weight excluding hydrogens is 385 g/mol. The van der Waals surface area contributed by atoms with E-state index in [9.17, 15) is 9.36 Å². The van der Waals surface area contributed by atoms with E-state index in [1.54, 1.807) is 23.3 Å². The Morgan fingerprint density at radius 1 is 1.46 bits per heavy atom. The van der Waals surface area contributed by atoms with Gasteiger partial charge in [0.2, 0.25) is 5.95 Å². The lowest BCUT2D eigenvalue weighted by atomic mass is 10.3. The first-order valence-corrected chi connectivity index (χ1v) is 10.7. The van der Waals surface area contributed by atoms with Crippen molar-refractivity contribution in [1.82, 2.24) is 29.1 Å². The fourth-order valence-corrected chi connectivity index (χ4v) is 5.15. The third kappa shape index (κ3) is 3.99. The lowest BCUT2D eigenvalue weighted by Gasteiger charge is -2.37. The molecule has 156 valence electrons. The van der Waals surface area contributed by atoms with Gasteiger partial charge in [0.05, 0.1) is 19.0 Å². The molecule has 0 aromatic carbocycles. The van der Waals surface area contributed by atoms with E-state index in [1.165, 1.54) is 6.33 Å². The number of hydrogen-bond donors (Lipinski definition) is 2. The van der Waals surface area contributed by atoms with Crippen LogP contribution in [0.3, 0.4) is 0 Å². The second-order valence-electron chi connectivity index (χ2n) is 7.51. The number of rotatable bonds is 6. The van der Waals surface area contributed by atoms with Crippen molar-refractivity contribution in [2.75, 3.05) is 46.6 Å². The average molecular weight is 413 g/mol. The van der Waals surface area contributed by atoms with E-state index < -0.39 is 19.3 Å². The van der Waals surface area contributed by atoms with E-state index in [0.29, 0.717) is 18.7 Å². The van der Waals surface area contributed by atoms with E-state index in [1.807, 2.05) is 20.9 Å². The zero-order valence-corrected chi connectivity index (χ0v) is 17.7. The van der Waals surface area contributed by atoms with Crippen LogP contribution in [0.25, 0.3) is 11.2 Å². The molecule has 2 aromatic heterocycles. The van der Waals surface area contributed by atoms with Gasteiger partial charge in [-0.05, 0) is 21.1 Å². The highest BCUT2D eigenvalue weighted by atomic mass is 31.2. The molecule has 3 N–H and O–H groups in total. The van der Waals surface area contributed by atoms with Crippen LogP contribution >= 0.6 is 7.52 Å². The molecule has 0 radical (unpaired) electrons. The van der Waals surface area contributed by atoms with Crippen LogP contribution in [-0.2, 0) is 13.8 Å². The van der Waals surface area contributed by atoms with E-state index in [4.69, 9.17) is 15.0 Å². The summed E-state index contributed by atoms with van der Waals surface area (Å²) in [6, 6.07) is 0. The minimum Gasteiger partial charge on any atom is -0.369 e. The monoisotopic (exact) mass is 413 g/mol. The Kier molecular flexibility index (Phi) is 5.92. The lowest BCUT2D eigenvalue weighted by molar-refractivity contribution is -0.125. The van der Waals surface area contributed by atoms with Crippen molar-refractivity contribution in [1.29, 1.82) is 0 Å². The standard InChI is InChI=1S/C16H28N7O4P/c1-10(2)28(25,21(3)4)26-8-11-6-22(5)7-12(27-11)23-9-18-13-14(23)19-16(17)20-15(13)24/h9-12H,6-8H2,1-5H3,(H3,17,19,20,24)/t11-,12+,28?/m0/s1. The highest BCUT2D eigenvalue weighted by Gasteiger charge is 2.34. The summed E-state index contributed by atoms with van der Waals surface area (Å²) in [4.78, 5) is 24.9. The number of aromatic amines is 1. The Bertz CT molecular complexity index is 929. The van der Waals surface area contributed by atoms with Crippen LogP contribution in [0, 0.1) is 0 Å². The minimum atomic E-state index is -2.94. The molecule has 1 aliphatic heterocycles. The number of aromatic nitrogens is 4. The Hall–Kier alpha value is -1.78. The van der Waals surface area contributed by atoms with Crippen LogP contribution in [0.4, 0.5) is 5.95 Å². The Morgan fingerprint density at radius 2 is 2.18 bits per heavy atom. The number of nitrogen functional groups attached to an aromatic ring is 1. The van der Waals surface area contributed by atoms with Crippen LogP contribution in [0.1, 0.15) is 20.1 Å². The third-order valence-corrected chi connectivity index (χ3v) is 7.69. The molecule has 0 spiro atoms. The normalized spacial score (nSPS) is 23.5. The zero-order valence-electron chi connectivity index (χ0n) is 16.8. The maximum absolute atomic E-state index is 13.1. The number of H-pyrrole nitrogens is 1. The summed E-state index contributed by atoms with van der Waals surface area (Å²) < 4.78 is 28.4. The smallest absolute Gasteiger partial charge is 0.280 e. The van der Waals surface area contributed by atoms with Crippen LogP contribution in [0.15, 0.2) is 11.1 Å². The van der Waals surface area contributed by atoms with Crippen LogP contribution in [-0.4, -0.2) is 81.7 Å². The van der Waals surface area contributed by atoms with Crippen LogP contribution in [0.5, 0.6) is 0 Å². The molecule has 0 saturated carbocycles. The summed E-state index contributed by atoms with van der Waals surface area (Å²) >= 11 is 0. The van der Waals surface area contributed by atoms with Gasteiger partial charge in [0.15, 0.2) is 11.2 Å². The summed E-state index contributed by atoms with van der Waals surface area (Å²) in [5, 5.41) is 0. The second kappa shape index (κ2) is 7.92. The fraction of sp³-hybridized carbons (Fsp3) is 0.688. The third-order valence-electron chi connectivity index (χ3n) is 4.75. The highest BCUT2D eigenvalue weighted by Crippen LogP contribution is 2.53. The first-order valence-electron chi connectivity index (χ1n) is 9.10. The molecule has 12 heteroatoms. The van der Waals surface area contributed by atoms with E-state index in [0.717, 1.165) is 0 Å². The number of anilines is 1. The molecule has 28 heavy (non-hydrogen) atoms. The van der Waals surface area contributed by atoms with Crippen molar-refractivity contribution in [2.24, 2.45) is 0 Å². The minimum absolute atomic E-state index is 0.0205. The molecule has 3 atom stereocenters. The zero-order chi connectivity index (χ0) is 20.6. The predicted octanol–water partition coefficient (Wildman–Crippen LogP) is 0.711. The maximum atomic E-state index is 13.1. The summed E-state index contributed by atoms with van der Waals surface area (Å²) in [6.07, 6.45) is 0.795. The van der Waals surface area contributed by atoms with E-state index in [2.05, 4.69) is 19.9 Å². The predicted molar refractivity (Wildman–Crippen MR) is 106 cm³/mol. The number of nitrogens with one attached hydrogen (secondary N) is 1. The van der Waals surface area contributed by atoms with Crippen molar-refractivity contribution in [3.05, 3.63) is 16.7 Å². The molecule has 0 aliphatic carbocycles. The van der Waals surface area contributed by atoms with Gasteiger partial charge >= 0.3 is 0 Å². The van der Waals surface area contributed by atoms with Crippen molar-refractivity contribution < 1.29 is 13.8 Å². The van der Waals surface area contributed by atoms with Crippen molar-refractivity contribution in [3.8, 4) is 0 Å². The van der Waals surface area contributed by atoms with E-state index >= 15 is 0 Å². The molecule has 3 rings (SSSR count). The fourth-order valence-electron chi connectivity index (χ4n) is 3.31. The van der Waals surface area contributed by atoms with Gasteiger partial charge in [-0.25, -0.2) is 9.65 Å². The molecule has 1 aliphatic rings. The quantitative estimate of drug-likeness (QED) is 0.657. The van der Waals surface area contributed by atoms with Crippen molar-refractivity contribution in [2.45, 2.75) is 31.8 Å². The molecule has 3 heterocycles. The van der Waals surface area contributed by atoms with Gasteiger partial charge in [0, 0.05) is 18.7 Å². The summed E-state index contributed by atoms with van der Waals surface area (Å²) in [5.41, 5.74) is 5.72. The Morgan fingerprint density at radius 3 is 2.82 bits per heavy atom. The van der Waals surface area contributed by atoms with Gasteiger partial charge in [-0.2, -0.15) is 4.98 Å². The number of imidazole rings is 1. The number of ether oxygens (including phenoxy) is 1. The number of nitrogens with zero attached hydrogens (tertiary/aromatic N) is 5. The SMILES string of the molecule is CC(C)P(=O)(OC[C@@H]1CN(C)C[C@H](n2cnc3c(=O)[nH]c(N)nc32)O1)N(C)C. The first-order chi connectivity index (χ1) is 13.1. The summed E-state index contributed by atoms with van der Waals surface area (Å²) in [6.45, 7) is 5.15. The largest absolute Gasteiger partial charge is 0.369 e. The summed E-state index contributed by atoms with van der Waals surface area (Å²) in [7, 11) is 2.53. The molecule has 0 bridgehead atoms. The molecular formula is C16H28N7O4P. The van der Waals surface area contributed by atoms with Gasteiger partial charge < -0.3 is 15.0 Å². The molecule has 1 fully saturated rings. The van der Waals surface area contributed by atoms with E-state index in [-0.39, 0.29) is 29.8 Å². The average Bonchev–Trinajstić information content (AvgIpc) is 3.03. The van der Waals surface area contributed by atoms with Crippen molar-refractivity contribution >= 4 is 24.6 Å². The number of morpholine rings is 1. The molecule has 2 aromatic rings. The number of likely N-dealkylation sites (N-methyl/N-ethyl adjacent to an activating group) is 1. The first kappa shape index (κ1) is 20.9.